The van der Waals surface area contributed by atoms with Crippen molar-refractivity contribution < 1.29 is 24.2 Å². The Balaban J connectivity index is 1.99. The second-order valence-corrected chi connectivity index (χ2v) is 13.5. The molecule has 0 radical (unpaired) electrons. The Bertz CT molecular complexity index is 870. The van der Waals surface area contributed by atoms with Crippen LogP contribution in [0.2, 0.25) is 0 Å². The zero-order chi connectivity index (χ0) is 27.3. The summed E-state index contributed by atoms with van der Waals surface area (Å²) in [6, 6.07) is -1.26. The van der Waals surface area contributed by atoms with Crippen molar-refractivity contribution in [3.05, 3.63) is 25.3 Å². The Hall–Kier alpha value is -1.32. The number of ether oxygens (including phenoxy) is 1. The van der Waals surface area contributed by atoms with Crippen molar-refractivity contribution >= 4 is 45.5 Å². The molecule has 1 spiro atoms. The molecule has 0 aromatic carbocycles. The van der Waals surface area contributed by atoms with Crippen LogP contribution in [0.1, 0.15) is 59.3 Å². The number of aliphatic hydroxyl groups excluding tert-OH is 1. The topological polar surface area (TPSA) is 87.2 Å². The van der Waals surface area contributed by atoms with Crippen molar-refractivity contribution in [2.45, 2.75) is 86.2 Å². The fraction of sp³-hybridized carbons (Fsp3) is 0.750. The number of rotatable bonds is 15. The number of alkyl halides is 1. The molecule has 37 heavy (non-hydrogen) atoms. The van der Waals surface area contributed by atoms with Gasteiger partial charge in [-0.3, -0.25) is 14.4 Å². The zero-order valence-electron chi connectivity index (χ0n) is 22.4. The van der Waals surface area contributed by atoms with Gasteiger partial charge in [0.1, 0.15) is 6.04 Å². The van der Waals surface area contributed by atoms with Gasteiger partial charge < -0.3 is 19.6 Å². The summed E-state index contributed by atoms with van der Waals surface area (Å²) in [5.41, 5.74) is 0. The number of halogens is 1. The summed E-state index contributed by atoms with van der Waals surface area (Å²) in [6.07, 6.45) is 8.46. The number of esters is 1. The number of thioether (sulfide) groups is 1. The average Bonchev–Trinajstić information content (AvgIpc) is 3.45. The molecule has 3 aliphatic heterocycles. The lowest BCUT2D eigenvalue weighted by molar-refractivity contribution is -0.154. The van der Waals surface area contributed by atoms with Gasteiger partial charge in [-0.15, -0.1) is 24.9 Å². The molecule has 7 nitrogen and oxygen atoms in total. The van der Waals surface area contributed by atoms with Crippen molar-refractivity contribution in [3.63, 3.8) is 0 Å². The number of fused-ring (bicyclic) bond motifs is 1. The van der Waals surface area contributed by atoms with Gasteiger partial charge in [-0.2, -0.15) is 0 Å². The fourth-order valence-electron chi connectivity index (χ4n) is 6.22. The minimum atomic E-state index is -0.748. The number of unbranched alkanes of at least 4 members (excludes halogenated alkanes) is 3. The van der Waals surface area contributed by atoms with E-state index in [9.17, 15) is 19.5 Å². The predicted octanol–water partition coefficient (Wildman–Crippen LogP) is 4.18. The third-order valence-corrected chi connectivity index (χ3v) is 11.3. The lowest BCUT2D eigenvalue weighted by Gasteiger charge is -2.41. The SMILES string of the molecule is C=CCCCCOC(=O)[C@H]1[C@@H]2SC3(CC2Br)C(C(=O)N(CC=C)CCCC)N([C@@H](CO)C(C)C)C(=O)[C@H]13. The monoisotopic (exact) mass is 598 g/mol. The molecule has 7 atom stereocenters. The van der Waals surface area contributed by atoms with Crippen LogP contribution in [0.25, 0.3) is 0 Å². The van der Waals surface area contributed by atoms with E-state index in [4.69, 9.17) is 4.74 Å². The summed E-state index contributed by atoms with van der Waals surface area (Å²) < 4.78 is 4.95. The average molecular weight is 600 g/mol. The van der Waals surface area contributed by atoms with Crippen molar-refractivity contribution in [1.29, 1.82) is 0 Å². The number of likely N-dealkylation sites (tertiary alicyclic amines) is 1. The molecule has 0 aromatic rings. The summed E-state index contributed by atoms with van der Waals surface area (Å²) in [6.45, 7) is 14.6. The summed E-state index contributed by atoms with van der Waals surface area (Å²) in [7, 11) is 0. The predicted molar refractivity (Wildman–Crippen MR) is 151 cm³/mol. The van der Waals surface area contributed by atoms with Crippen LogP contribution in [0.3, 0.4) is 0 Å². The fourth-order valence-corrected chi connectivity index (χ4v) is 9.80. The third-order valence-electron chi connectivity index (χ3n) is 8.04. The third kappa shape index (κ3) is 5.69. The molecule has 0 aromatic heterocycles. The number of allylic oxidation sites excluding steroid dienone is 1. The minimum absolute atomic E-state index is 0.00904. The van der Waals surface area contributed by atoms with Gasteiger partial charge in [0, 0.05) is 23.2 Å². The van der Waals surface area contributed by atoms with E-state index in [1.807, 2.05) is 19.9 Å². The van der Waals surface area contributed by atoms with Crippen LogP contribution in [0.4, 0.5) is 0 Å². The maximum Gasteiger partial charge on any atom is 0.310 e. The van der Waals surface area contributed by atoms with Crippen LogP contribution >= 0.6 is 27.7 Å². The zero-order valence-corrected chi connectivity index (χ0v) is 24.8. The van der Waals surface area contributed by atoms with E-state index in [-0.39, 0.29) is 40.4 Å². The lowest BCUT2D eigenvalue weighted by Crippen LogP contribution is -2.58. The van der Waals surface area contributed by atoms with Crippen LogP contribution in [-0.2, 0) is 19.1 Å². The lowest BCUT2D eigenvalue weighted by atomic mass is 9.71. The van der Waals surface area contributed by atoms with E-state index >= 15 is 0 Å². The molecule has 0 aliphatic carbocycles. The van der Waals surface area contributed by atoms with Gasteiger partial charge in [-0.1, -0.05) is 55.3 Å². The first-order chi connectivity index (χ1) is 17.7. The molecule has 3 saturated heterocycles. The molecule has 3 rings (SSSR count). The van der Waals surface area contributed by atoms with Crippen molar-refractivity contribution in [2.75, 3.05) is 26.3 Å². The quantitative estimate of drug-likeness (QED) is 0.132. The van der Waals surface area contributed by atoms with E-state index < -0.39 is 28.7 Å². The maximum atomic E-state index is 14.3. The van der Waals surface area contributed by atoms with E-state index in [0.29, 0.717) is 26.1 Å². The Morgan fingerprint density at radius 3 is 2.62 bits per heavy atom. The number of hydrogen-bond acceptors (Lipinski definition) is 6. The number of nitrogens with zero attached hydrogens (tertiary/aromatic N) is 2. The van der Waals surface area contributed by atoms with Crippen molar-refractivity contribution in [2.24, 2.45) is 17.8 Å². The molecule has 2 amide bonds. The van der Waals surface area contributed by atoms with Crippen LogP contribution in [0, 0.1) is 17.8 Å². The van der Waals surface area contributed by atoms with Crippen molar-refractivity contribution in [1.82, 2.24) is 9.80 Å². The number of carbonyl (C=O) groups excluding carboxylic acids is 3. The van der Waals surface area contributed by atoms with Crippen LogP contribution in [0.15, 0.2) is 25.3 Å². The van der Waals surface area contributed by atoms with E-state index in [2.05, 4.69) is 36.0 Å². The van der Waals surface area contributed by atoms with Gasteiger partial charge in [-0.05, 0) is 38.0 Å². The highest BCUT2D eigenvalue weighted by molar-refractivity contribution is 9.09. The molecule has 0 saturated carbocycles. The van der Waals surface area contributed by atoms with Gasteiger partial charge >= 0.3 is 5.97 Å². The smallest absolute Gasteiger partial charge is 0.310 e. The number of aliphatic hydroxyl groups is 1. The first-order valence-electron chi connectivity index (χ1n) is 13.6. The van der Waals surface area contributed by atoms with E-state index in [1.54, 1.807) is 27.6 Å². The Morgan fingerprint density at radius 1 is 1.30 bits per heavy atom. The van der Waals surface area contributed by atoms with Gasteiger partial charge in [0.25, 0.3) is 0 Å². The molecule has 208 valence electrons. The number of hydrogen-bond donors (Lipinski definition) is 1. The van der Waals surface area contributed by atoms with E-state index in [1.165, 1.54) is 0 Å². The standard InChI is InChI=1S/C28H43BrN2O5S/c1-6-9-11-12-15-36-27(35)21-22-25(33)31(20(17-32)18(4)5)24(28(22)16-19(29)23(21)37-28)26(34)30(13-8-3)14-10-7-2/h6,8,18-24,32H,1,3,7,9-17H2,2,4-5H3/t19?,20-,21+,22-,23+,24?,28?/m0/s1. The molecule has 3 fully saturated rings. The Kier molecular flexibility index (Phi) is 10.7. The second-order valence-electron chi connectivity index (χ2n) is 10.8. The molecular weight excluding hydrogens is 556 g/mol. The van der Waals surface area contributed by atoms with Gasteiger partial charge in [-0.25, -0.2) is 0 Å². The highest BCUT2D eigenvalue weighted by atomic mass is 79.9. The number of amides is 2. The highest BCUT2D eigenvalue weighted by Crippen LogP contribution is 2.68. The Labute approximate surface area is 234 Å². The van der Waals surface area contributed by atoms with Crippen molar-refractivity contribution in [3.8, 4) is 0 Å². The van der Waals surface area contributed by atoms with Crippen LogP contribution < -0.4 is 0 Å². The van der Waals surface area contributed by atoms with E-state index in [0.717, 1.165) is 32.1 Å². The molecule has 3 aliphatic rings. The van der Waals surface area contributed by atoms with Crippen LogP contribution in [-0.4, -0.2) is 85.9 Å². The molecule has 9 heteroatoms. The minimum Gasteiger partial charge on any atom is -0.465 e. The summed E-state index contributed by atoms with van der Waals surface area (Å²) >= 11 is 5.39. The first kappa shape index (κ1) is 30.2. The highest BCUT2D eigenvalue weighted by Gasteiger charge is 2.76. The summed E-state index contributed by atoms with van der Waals surface area (Å²) in [5.74, 6) is -1.99. The molecule has 3 unspecified atom stereocenters. The van der Waals surface area contributed by atoms with Crippen LogP contribution in [0.5, 0.6) is 0 Å². The maximum absolute atomic E-state index is 14.3. The largest absolute Gasteiger partial charge is 0.465 e. The second kappa shape index (κ2) is 13.2. The first-order valence-corrected chi connectivity index (χ1v) is 15.4. The molecule has 1 N–H and O–H groups in total. The summed E-state index contributed by atoms with van der Waals surface area (Å²) in [4.78, 5) is 45.3. The van der Waals surface area contributed by atoms with Gasteiger partial charge in [0.2, 0.25) is 11.8 Å². The molecule has 2 bridgehead atoms. The van der Waals surface area contributed by atoms with Gasteiger partial charge in [0.15, 0.2) is 0 Å². The number of carbonyl (C=O) groups is 3. The van der Waals surface area contributed by atoms with Gasteiger partial charge in [0.05, 0.1) is 35.8 Å². The molecule has 3 heterocycles. The summed E-state index contributed by atoms with van der Waals surface area (Å²) in [5, 5.41) is 10.2. The molecular formula is C28H43BrN2O5S. The Morgan fingerprint density at radius 2 is 2.03 bits per heavy atom. The normalized spacial score (nSPS) is 30.9.